The Morgan fingerprint density at radius 2 is 1.87 bits per heavy atom. The Hall–Kier alpha value is -2.11. The molecule has 2 aliphatic rings. The first kappa shape index (κ1) is 22.1. The average Bonchev–Trinajstić information content (AvgIpc) is 2.81. The molecule has 31 heavy (non-hydrogen) atoms. The van der Waals surface area contributed by atoms with Crippen molar-refractivity contribution in [1.29, 1.82) is 0 Å². The lowest BCUT2D eigenvalue weighted by Gasteiger charge is -2.37. The van der Waals surface area contributed by atoms with Crippen molar-refractivity contribution in [3.63, 3.8) is 0 Å². The molecule has 1 N–H and O–H groups in total. The fourth-order valence-corrected chi connectivity index (χ4v) is 4.80. The molecule has 1 unspecified atom stereocenters. The van der Waals surface area contributed by atoms with Crippen molar-refractivity contribution in [3.05, 3.63) is 42.0 Å². The van der Waals surface area contributed by atoms with Crippen LogP contribution in [-0.2, 0) is 0 Å². The van der Waals surface area contributed by atoms with Crippen LogP contribution < -0.4 is 10.1 Å². The van der Waals surface area contributed by atoms with E-state index in [2.05, 4.69) is 36.2 Å². The molecule has 0 saturated carbocycles. The maximum absolute atomic E-state index is 13.0. The Balaban J connectivity index is 1.31. The van der Waals surface area contributed by atoms with Crippen LogP contribution >= 0.6 is 0 Å². The van der Waals surface area contributed by atoms with Crippen LogP contribution in [0.2, 0.25) is 0 Å². The number of carbonyl (C=O) groups excluding carboxylic acids is 1. The zero-order valence-electron chi connectivity index (χ0n) is 19.1. The second kappa shape index (κ2) is 10.5. The maximum Gasteiger partial charge on any atom is 0.253 e. The highest BCUT2D eigenvalue weighted by Gasteiger charge is 2.23. The van der Waals surface area contributed by atoms with Gasteiger partial charge >= 0.3 is 0 Å². The predicted octanol–water partition coefficient (Wildman–Crippen LogP) is 4.16. The summed E-state index contributed by atoms with van der Waals surface area (Å²) in [5.41, 5.74) is 0.778. The van der Waals surface area contributed by atoms with Crippen LogP contribution in [0, 0.1) is 5.92 Å². The van der Waals surface area contributed by atoms with E-state index >= 15 is 0 Å². The molecule has 2 aromatic rings. The van der Waals surface area contributed by atoms with Crippen LogP contribution in [-0.4, -0.2) is 67.6 Å². The quantitative estimate of drug-likeness (QED) is 0.679. The number of piperazine rings is 1. The summed E-state index contributed by atoms with van der Waals surface area (Å²) in [6.45, 7) is 11.0. The number of fused-ring (bicyclic) bond motifs is 1. The van der Waals surface area contributed by atoms with Crippen LogP contribution in [0.25, 0.3) is 10.8 Å². The third-order valence-electron chi connectivity index (χ3n) is 6.81. The number of nitrogens with zero attached hydrogens (tertiary/aromatic N) is 2. The molecule has 5 heteroatoms. The van der Waals surface area contributed by atoms with Crippen molar-refractivity contribution in [1.82, 2.24) is 15.1 Å². The molecule has 2 aliphatic heterocycles. The van der Waals surface area contributed by atoms with E-state index in [-0.39, 0.29) is 5.91 Å². The molecule has 168 valence electrons. The molecule has 0 aromatic heterocycles. The number of benzene rings is 2. The van der Waals surface area contributed by atoms with Gasteiger partial charge in [0.05, 0.1) is 6.61 Å². The van der Waals surface area contributed by atoms with Crippen LogP contribution in [0.3, 0.4) is 0 Å². The number of nitrogens with one attached hydrogen (secondary N) is 1. The third-order valence-corrected chi connectivity index (χ3v) is 6.81. The second-order valence-corrected chi connectivity index (χ2v) is 9.35. The first-order valence-electron chi connectivity index (χ1n) is 12.0. The standard InChI is InChI=1S/C26H37N3O2/c1-20(2)28-12-14-29(15-13-28)26(30)24-8-7-23-18-25(10-9-22(23)17-24)31-16-4-6-21-5-3-11-27-19-21/h7-10,17-18,20-21,27H,3-6,11-16,19H2,1-2H3. The molecular weight excluding hydrogens is 386 g/mol. The largest absolute Gasteiger partial charge is 0.494 e. The van der Waals surface area contributed by atoms with E-state index < -0.39 is 0 Å². The van der Waals surface area contributed by atoms with E-state index in [0.717, 1.165) is 73.8 Å². The summed E-state index contributed by atoms with van der Waals surface area (Å²) in [5, 5.41) is 5.69. The Morgan fingerprint density at radius 1 is 1.10 bits per heavy atom. The topological polar surface area (TPSA) is 44.8 Å². The normalized spacial score (nSPS) is 20.4. The van der Waals surface area contributed by atoms with E-state index in [0.29, 0.717) is 6.04 Å². The van der Waals surface area contributed by atoms with Gasteiger partial charge in [-0.15, -0.1) is 0 Å². The predicted molar refractivity (Wildman–Crippen MR) is 127 cm³/mol. The number of carbonyl (C=O) groups is 1. The van der Waals surface area contributed by atoms with Gasteiger partial charge in [0.15, 0.2) is 0 Å². The monoisotopic (exact) mass is 423 g/mol. The second-order valence-electron chi connectivity index (χ2n) is 9.35. The molecule has 2 aromatic carbocycles. The smallest absolute Gasteiger partial charge is 0.253 e. The highest BCUT2D eigenvalue weighted by atomic mass is 16.5. The maximum atomic E-state index is 13.0. The molecule has 2 heterocycles. The van der Waals surface area contributed by atoms with Crippen molar-refractivity contribution < 1.29 is 9.53 Å². The summed E-state index contributed by atoms with van der Waals surface area (Å²) in [6.07, 6.45) is 4.98. The highest BCUT2D eigenvalue weighted by molar-refractivity contribution is 5.98. The fourth-order valence-electron chi connectivity index (χ4n) is 4.80. The third kappa shape index (κ3) is 5.78. The van der Waals surface area contributed by atoms with E-state index in [1.807, 2.05) is 29.2 Å². The van der Waals surface area contributed by atoms with Gasteiger partial charge < -0.3 is 15.0 Å². The van der Waals surface area contributed by atoms with Gasteiger partial charge in [-0.2, -0.15) is 0 Å². The Morgan fingerprint density at radius 3 is 2.61 bits per heavy atom. The lowest BCUT2D eigenvalue weighted by molar-refractivity contribution is 0.0595. The SMILES string of the molecule is CC(C)N1CCN(C(=O)c2ccc3cc(OCCCC4CCCNC4)ccc3c2)CC1. The van der Waals surface area contributed by atoms with Crippen LogP contribution in [0.5, 0.6) is 5.75 Å². The van der Waals surface area contributed by atoms with Crippen molar-refractivity contribution in [3.8, 4) is 5.75 Å². The van der Waals surface area contributed by atoms with Gasteiger partial charge in [0.1, 0.15) is 5.75 Å². The van der Waals surface area contributed by atoms with Gasteiger partial charge in [0, 0.05) is 37.8 Å². The highest BCUT2D eigenvalue weighted by Crippen LogP contribution is 2.24. The van der Waals surface area contributed by atoms with Crippen molar-refractivity contribution in [2.45, 2.75) is 45.6 Å². The van der Waals surface area contributed by atoms with Gasteiger partial charge in [-0.05, 0) is 93.6 Å². The lowest BCUT2D eigenvalue weighted by Crippen LogP contribution is -2.50. The minimum Gasteiger partial charge on any atom is -0.494 e. The van der Waals surface area contributed by atoms with Gasteiger partial charge in [-0.3, -0.25) is 9.69 Å². The molecule has 5 nitrogen and oxygen atoms in total. The zero-order chi connectivity index (χ0) is 21.6. The summed E-state index contributed by atoms with van der Waals surface area (Å²) >= 11 is 0. The Labute approximate surface area is 186 Å². The molecule has 0 aliphatic carbocycles. The average molecular weight is 424 g/mol. The Kier molecular flexibility index (Phi) is 7.46. The van der Waals surface area contributed by atoms with Crippen LogP contribution in [0.1, 0.15) is 49.9 Å². The van der Waals surface area contributed by atoms with Crippen molar-refractivity contribution in [2.24, 2.45) is 5.92 Å². The molecule has 1 amide bonds. The number of hydrogen-bond acceptors (Lipinski definition) is 4. The molecular formula is C26H37N3O2. The fraction of sp³-hybridized carbons (Fsp3) is 0.577. The number of piperidine rings is 1. The number of hydrogen-bond donors (Lipinski definition) is 1. The van der Waals surface area contributed by atoms with Gasteiger partial charge in [-0.1, -0.05) is 12.1 Å². The summed E-state index contributed by atoms with van der Waals surface area (Å²) in [7, 11) is 0. The van der Waals surface area contributed by atoms with Gasteiger partial charge in [0.25, 0.3) is 5.91 Å². The number of rotatable bonds is 7. The summed E-state index contributed by atoms with van der Waals surface area (Å²) < 4.78 is 6.01. The summed E-state index contributed by atoms with van der Waals surface area (Å²) in [6, 6.07) is 12.8. The van der Waals surface area contributed by atoms with E-state index in [1.54, 1.807) is 0 Å². The van der Waals surface area contributed by atoms with Gasteiger partial charge in [-0.25, -0.2) is 0 Å². The zero-order valence-corrected chi connectivity index (χ0v) is 19.1. The summed E-state index contributed by atoms with van der Waals surface area (Å²) in [4.78, 5) is 17.4. The lowest BCUT2D eigenvalue weighted by atomic mass is 9.95. The Bertz CT molecular complexity index is 868. The van der Waals surface area contributed by atoms with Crippen molar-refractivity contribution in [2.75, 3.05) is 45.9 Å². The van der Waals surface area contributed by atoms with Crippen LogP contribution in [0.4, 0.5) is 0 Å². The van der Waals surface area contributed by atoms with E-state index in [4.69, 9.17) is 4.74 Å². The molecule has 0 spiro atoms. The number of amides is 1. The molecule has 0 radical (unpaired) electrons. The minimum absolute atomic E-state index is 0.142. The van der Waals surface area contributed by atoms with Gasteiger partial charge in [0.2, 0.25) is 0 Å². The molecule has 2 fully saturated rings. The van der Waals surface area contributed by atoms with E-state index in [9.17, 15) is 4.79 Å². The van der Waals surface area contributed by atoms with E-state index in [1.165, 1.54) is 25.8 Å². The first-order valence-corrected chi connectivity index (χ1v) is 12.0. The van der Waals surface area contributed by atoms with Crippen molar-refractivity contribution >= 4 is 16.7 Å². The molecule has 0 bridgehead atoms. The summed E-state index contributed by atoms with van der Waals surface area (Å²) in [5.74, 6) is 1.86. The number of ether oxygens (including phenoxy) is 1. The molecule has 1 atom stereocenters. The molecule has 2 saturated heterocycles. The molecule has 4 rings (SSSR count). The van der Waals surface area contributed by atoms with Crippen LogP contribution in [0.15, 0.2) is 36.4 Å². The first-order chi connectivity index (χ1) is 15.1. The minimum atomic E-state index is 0.142.